The van der Waals surface area contributed by atoms with E-state index in [9.17, 15) is 9.90 Å². The van der Waals surface area contributed by atoms with Crippen molar-refractivity contribution in [3.63, 3.8) is 0 Å². The molecule has 2 aromatic rings. The smallest absolute Gasteiger partial charge is 0.239 e. The van der Waals surface area contributed by atoms with Gasteiger partial charge in [-0.25, -0.2) is 0 Å². The van der Waals surface area contributed by atoms with Crippen LogP contribution in [0.4, 0.5) is 5.69 Å². The molecule has 0 aliphatic heterocycles. The topological polar surface area (TPSA) is 52.6 Å². The highest BCUT2D eigenvalue weighted by Gasteiger charge is 2.14. The normalized spacial score (nSPS) is 12.0. The second-order valence-corrected chi connectivity index (χ2v) is 7.27. The van der Waals surface area contributed by atoms with Crippen LogP contribution in [-0.4, -0.2) is 36.8 Å². The minimum Gasteiger partial charge on any atom is -0.391 e. The molecule has 1 atom stereocenters. The van der Waals surface area contributed by atoms with Crippen molar-refractivity contribution >= 4 is 11.6 Å². The number of carbonyl (C=O) groups is 1. The highest BCUT2D eigenvalue weighted by molar-refractivity contribution is 5.81. The van der Waals surface area contributed by atoms with Crippen molar-refractivity contribution in [3.8, 4) is 0 Å². The molecular formula is C23H32N2O2. The SMILES string of the molecule is CCC(O)CN(CC(=O)NCCc1ccc(C(C)C)cc1)c1ccccc1. The van der Waals surface area contributed by atoms with Gasteiger partial charge in [0.15, 0.2) is 0 Å². The third-order valence-corrected chi connectivity index (χ3v) is 4.74. The van der Waals surface area contributed by atoms with Crippen molar-refractivity contribution in [1.29, 1.82) is 0 Å². The molecule has 4 heteroatoms. The van der Waals surface area contributed by atoms with Gasteiger partial charge in [-0.1, -0.05) is 63.2 Å². The van der Waals surface area contributed by atoms with Gasteiger partial charge < -0.3 is 15.3 Å². The Morgan fingerprint density at radius 2 is 1.74 bits per heavy atom. The number of carbonyl (C=O) groups excluding carboxylic acids is 1. The summed E-state index contributed by atoms with van der Waals surface area (Å²) in [6, 6.07) is 18.3. The van der Waals surface area contributed by atoms with Gasteiger partial charge in [-0.3, -0.25) is 4.79 Å². The van der Waals surface area contributed by atoms with E-state index in [0.717, 1.165) is 12.1 Å². The Labute approximate surface area is 163 Å². The maximum absolute atomic E-state index is 12.4. The second-order valence-electron chi connectivity index (χ2n) is 7.27. The Morgan fingerprint density at radius 1 is 1.07 bits per heavy atom. The van der Waals surface area contributed by atoms with Gasteiger partial charge in [0.25, 0.3) is 0 Å². The van der Waals surface area contributed by atoms with Crippen LogP contribution in [0.25, 0.3) is 0 Å². The Hall–Kier alpha value is -2.33. The minimum atomic E-state index is -0.447. The number of aliphatic hydroxyl groups is 1. The predicted molar refractivity (Wildman–Crippen MR) is 112 cm³/mol. The zero-order chi connectivity index (χ0) is 19.6. The maximum Gasteiger partial charge on any atom is 0.239 e. The molecular weight excluding hydrogens is 336 g/mol. The van der Waals surface area contributed by atoms with Crippen molar-refractivity contribution in [2.45, 2.75) is 45.6 Å². The number of rotatable bonds is 10. The van der Waals surface area contributed by atoms with Crippen LogP contribution in [0.5, 0.6) is 0 Å². The van der Waals surface area contributed by atoms with Crippen molar-refractivity contribution < 1.29 is 9.90 Å². The van der Waals surface area contributed by atoms with Crippen molar-refractivity contribution in [1.82, 2.24) is 5.32 Å². The monoisotopic (exact) mass is 368 g/mol. The lowest BCUT2D eigenvalue weighted by Crippen LogP contribution is -2.41. The fraction of sp³-hybridized carbons (Fsp3) is 0.435. The van der Waals surface area contributed by atoms with Gasteiger partial charge in [-0.15, -0.1) is 0 Å². The van der Waals surface area contributed by atoms with E-state index >= 15 is 0 Å². The van der Waals surface area contributed by atoms with Crippen molar-refractivity contribution in [3.05, 3.63) is 65.7 Å². The summed E-state index contributed by atoms with van der Waals surface area (Å²) >= 11 is 0. The Bertz CT molecular complexity index is 683. The molecule has 0 saturated carbocycles. The van der Waals surface area contributed by atoms with Crippen molar-refractivity contribution in [2.24, 2.45) is 0 Å². The minimum absolute atomic E-state index is 0.0269. The van der Waals surface area contributed by atoms with E-state index in [-0.39, 0.29) is 12.5 Å². The predicted octanol–water partition coefficient (Wildman–Crippen LogP) is 3.75. The summed E-state index contributed by atoms with van der Waals surface area (Å²) in [6.45, 7) is 7.61. The summed E-state index contributed by atoms with van der Waals surface area (Å²) in [7, 11) is 0. The molecule has 0 radical (unpaired) electrons. The molecule has 27 heavy (non-hydrogen) atoms. The zero-order valence-electron chi connectivity index (χ0n) is 16.7. The van der Waals surface area contributed by atoms with E-state index in [2.05, 4.69) is 43.4 Å². The van der Waals surface area contributed by atoms with Crippen LogP contribution >= 0.6 is 0 Å². The lowest BCUT2D eigenvalue weighted by Gasteiger charge is -2.26. The standard InChI is InChI=1S/C23H32N2O2/c1-4-22(26)16-25(21-8-6-5-7-9-21)17-23(27)24-15-14-19-10-12-20(13-11-19)18(2)3/h5-13,18,22,26H,4,14-17H2,1-3H3,(H,24,27). The molecule has 0 aliphatic carbocycles. The fourth-order valence-electron chi connectivity index (χ4n) is 2.93. The molecule has 2 rings (SSSR count). The first-order valence-corrected chi connectivity index (χ1v) is 9.83. The summed E-state index contributed by atoms with van der Waals surface area (Å²) in [4.78, 5) is 14.3. The first-order chi connectivity index (χ1) is 13.0. The van der Waals surface area contributed by atoms with E-state index in [1.54, 1.807) is 0 Å². The molecule has 0 saturated heterocycles. The van der Waals surface area contributed by atoms with Crippen LogP contribution in [0.2, 0.25) is 0 Å². The zero-order valence-corrected chi connectivity index (χ0v) is 16.7. The van der Waals surface area contributed by atoms with Gasteiger partial charge in [0.05, 0.1) is 12.6 Å². The van der Waals surface area contributed by atoms with Gasteiger partial charge >= 0.3 is 0 Å². The fourth-order valence-corrected chi connectivity index (χ4v) is 2.93. The van der Waals surface area contributed by atoms with Gasteiger partial charge in [0.1, 0.15) is 0 Å². The molecule has 0 aromatic heterocycles. The average Bonchev–Trinajstić information content (AvgIpc) is 2.68. The van der Waals surface area contributed by atoms with Gasteiger partial charge in [0.2, 0.25) is 5.91 Å². The van der Waals surface area contributed by atoms with Gasteiger partial charge in [-0.2, -0.15) is 0 Å². The number of amides is 1. The quantitative estimate of drug-likeness (QED) is 0.672. The number of para-hydroxylation sites is 1. The summed E-state index contributed by atoms with van der Waals surface area (Å²) in [5, 5.41) is 13.0. The Balaban J connectivity index is 1.86. The highest BCUT2D eigenvalue weighted by atomic mass is 16.3. The number of aliphatic hydroxyl groups excluding tert-OH is 1. The Kier molecular flexibility index (Phi) is 8.34. The first-order valence-electron chi connectivity index (χ1n) is 9.83. The number of nitrogens with zero attached hydrogens (tertiary/aromatic N) is 1. The van der Waals surface area contributed by atoms with E-state index in [4.69, 9.17) is 0 Å². The van der Waals surface area contributed by atoms with E-state index in [1.165, 1.54) is 11.1 Å². The van der Waals surface area contributed by atoms with Gasteiger partial charge in [-0.05, 0) is 42.0 Å². The third kappa shape index (κ3) is 7.06. The van der Waals surface area contributed by atoms with E-state index in [1.807, 2.05) is 42.2 Å². The molecule has 0 aliphatic rings. The summed E-state index contributed by atoms with van der Waals surface area (Å²) in [5.74, 6) is 0.502. The van der Waals surface area contributed by atoms with Crippen LogP contribution in [-0.2, 0) is 11.2 Å². The van der Waals surface area contributed by atoms with Gasteiger partial charge in [0, 0.05) is 18.8 Å². The third-order valence-electron chi connectivity index (χ3n) is 4.74. The van der Waals surface area contributed by atoms with E-state index in [0.29, 0.717) is 25.4 Å². The molecule has 0 spiro atoms. The lowest BCUT2D eigenvalue weighted by molar-refractivity contribution is -0.119. The van der Waals surface area contributed by atoms with Crippen LogP contribution < -0.4 is 10.2 Å². The average molecular weight is 369 g/mol. The molecule has 146 valence electrons. The number of anilines is 1. The number of nitrogens with one attached hydrogen (secondary N) is 1. The maximum atomic E-state index is 12.4. The molecule has 1 amide bonds. The van der Waals surface area contributed by atoms with E-state index < -0.39 is 6.10 Å². The molecule has 1 unspecified atom stereocenters. The second kappa shape index (κ2) is 10.7. The number of benzene rings is 2. The molecule has 0 heterocycles. The molecule has 0 fully saturated rings. The number of hydrogen-bond acceptors (Lipinski definition) is 3. The lowest BCUT2D eigenvalue weighted by atomic mass is 10.0. The first kappa shape index (κ1) is 21.0. The van der Waals surface area contributed by atoms with Crippen LogP contribution in [0.3, 0.4) is 0 Å². The summed E-state index contributed by atoms with van der Waals surface area (Å²) in [6.07, 6.45) is 1.03. The molecule has 2 N–H and O–H groups in total. The molecule has 0 bridgehead atoms. The largest absolute Gasteiger partial charge is 0.391 e. The van der Waals surface area contributed by atoms with Crippen molar-refractivity contribution in [2.75, 3.05) is 24.5 Å². The molecule has 4 nitrogen and oxygen atoms in total. The molecule has 2 aromatic carbocycles. The number of hydrogen-bond donors (Lipinski definition) is 2. The summed E-state index contributed by atoms with van der Waals surface area (Å²) < 4.78 is 0. The summed E-state index contributed by atoms with van der Waals surface area (Å²) in [5.41, 5.74) is 3.50. The van der Waals surface area contributed by atoms with Crippen LogP contribution in [0.1, 0.15) is 44.2 Å². The van der Waals surface area contributed by atoms with Crippen LogP contribution in [0.15, 0.2) is 54.6 Å². The van der Waals surface area contributed by atoms with Crippen LogP contribution in [0, 0.1) is 0 Å². The highest BCUT2D eigenvalue weighted by Crippen LogP contribution is 2.15. The Morgan fingerprint density at radius 3 is 2.33 bits per heavy atom.